The molecule has 1 fully saturated rings. The number of nitrogens with one attached hydrogen (secondary N) is 1. The van der Waals surface area contributed by atoms with Crippen molar-refractivity contribution in [1.82, 2.24) is 4.90 Å². The molecule has 1 aliphatic rings. The monoisotopic (exact) mass is 372 g/mol. The van der Waals surface area contributed by atoms with Crippen molar-refractivity contribution in [3.8, 4) is 0 Å². The van der Waals surface area contributed by atoms with E-state index in [1.165, 1.54) is 13.0 Å². The van der Waals surface area contributed by atoms with Crippen LogP contribution in [-0.2, 0) is 14.3 Å². The molecular weight excluding hydrogens is 352 g/mol. The molecule has 0 spiro atoms. The van der Waals surface area contributed by atoms with Crippen molar-refractivity contribution in [3.63, 3.8) is 0 Å². The number of esters is 1. The maximum atomic E-state index is 12.5. The zero-order chi connectivity index (χ0) is 18.5. The first-order valence-corrected chi connectivity index (χ1v) is 9.30. The number of carbonyl (C=O) groups is 3. The maximum absolute atomic E-state index is 12.5. The molecule has 2 amide bonds. The molecule has 1 aromatic heterocycles. The highest BCUT2D eigenvalue weighted by Gasteiger charge is 2.31. The fraction of sp³-hybridized carbons (Fsp3) is 0.316. The highest BCUT2D eigenvalue weighted by molar-refractivity contribution is 7.10. The van der Waals surface area contributed by atoms with Gasteiger partial charge in [-0.25, -0.2) is 4.79 Å². The number of thiophene rings is 1. The molecule has 136 valence electrons. The molecule has 1 atom stereocenters. The smallest absolute Gasteiger partial charge is 0.338 e. The Morgan fingerprint density at radius 2 is 2.12 bits per heavy atom. The average Bonchev–Trinajstić information content (AvgIpc) is 3.29. The van der Waals surface area contributed by atoms with Crippen molar-refractivity contribution < 1.29 is 19.1 Å². The van der Waals surface area contributed by atoms with E-state index in [4.69, 9.17) is 4.74 Å². The van der Waals surface area contributed by atoms with Gasteiger partial charge in [0.25, 0.3) is 5.91 Å². The molecule has 2 heterocycles. The Kier molecular flexibility index (Phi) is 5.68. The average molecular weight is 372 g/mol. The summed E-state index contributed by atoms with van der Waals surface area (Å²) in [6.07, 6.45) is 1.87. The molecule has 0 saturated carbocycles. The predicted molar refractivity (Wildman–Crippen MR) is 99.0 cm³/mol. The standard InChI is InChI=1S/C19H20N2O4S/c1-13(22)20-15-6-2-5-14(11-15)19(24)25-12-18(23)21-9-3-7-16(21)17-8-4-10-26-17/h2,4-6,8,10-11,16H,3,7,9,12H2,1H3,(H,20,22)/t16-/m0/s1. The van der Waals surface area contributed by atoms with Gasteiger partial charge in [0.2, 0.25) is 5.91 Å². The zero-order valence-electron chi connectivity index (χ0n) is 14.4. The Balaban J connectivity index is 1.59. The summed E-state index contributed by atoms with van der Waals surface area (Å²) in [5.41, 5.74) is 0.802. The zero-order valence-corrected chi connectivity index (χ0v) is 15.3. The second kappa shape index (κ2) is 8.14. The summed E-state index contributed by atoms with van der Waals surface area (Å²) in [6.45, 7) is 1.78. The number of hydrogen-bond donors (Lipinski definition) is 1. The SMILES string of the molecule is CC(=O)Nc1cccc(C(=O)OCC(=O)N2CCC[C@H]2c2cccs2)c1. The summed E-state index contributed by atoms with van der Waals surface area (Å²) in [6, 6.07) is 10.5. The van der Waals surface area contributed by atoms with Crippen LogP contribution >= 0.6 is 11.3 Å². The molecule has 26 heavy (non-hydrogen) atoms. The summed E-state index contributed by atoms with van der Waals surface area (Å²) in [5, 5.41) is 4.61. The normalized spacial score (nSPS) is 16.3. The lowest BCUT2D eigenvalue weighted by molar-refractivity contribution is -0.135. The van der Waals surface area contributed by atoms with Crippen LogP contribution in [0.2, 0.25) is 0 Å². The van der Waals surface area contributed by atoms with Crippen molar-refractivity contribution in [2.45, 2.75) is 25.8 Å². The Labute approximate surface area is 155 Å². The molecular formula is C19H20N2O4S. The second-order valence-electron chi connectivity index (χ2n) is 6.10. The van der Waals surface area contributed by atoms with Gasteiger partial charge >= 0.3 is 5.97 Å². The number of amides is 2. The summed E-state index contributed by atoms with van der Waals surface area (Å²) in [7, 11) is 0. The van der Waals surface area contributed by atoms with E-state index in [0.29, 0.717) is 17.8 Å². The van der Waals surface area contributed by atoms with Crippen LogP contribution in [0.5, 0.6) is 0 Å². The molecule has 7 heteroatoms. The third-order valence-electron chi connectivity index (χ3n) is 4.19. The van der Waals surface area contributed by atoms with E-state index < -0.39 is 5.97 Å². The van der Waals surface area contributed by atoms with Gasteiger partial charge in [-0.1, -0.05) is 12.1 Å². The number of likely N-dealkylation sites (tertiary alicyclic amines) is 1. The first-order chi connectivity index (χ1) is 12.5. The van der Waals surface area contributed by atoms with Gasteiger partial charge in [-0.2, -0.15) is 0 Å². The molecule has 0 radical (unpaired) electrons. The minimum atomic E-state index is -0.586. The lowest BCUT2D eigenvalue weighted by Gasteiger charge is -2.23. The van der Waals surface area contributed by atoms with Crippen LogP contribution in [-0.4, -0.2) is 35.8 Å². The van der Waals surface area contributed by atoms with Crippen LogP contribution < -0.4 is 5.32 Å². The number of nitrogens with zero attached hydrogens (tertiary/aromatic N) is 1. The summed E-state index contributed by atoms with van der Waals surface area (Å²) in [4.78, 5) is 38.8. The van der Waals surface area contributed by atoms with Gasteiger partial charge in [0.1, 0.15) is 0 Å². The fourth-order valence-electron chi connectivity index (χ4n) is 3.06. The van der Waals surface area contributed by atoms with E-state index in [1.807, 2.05) is 17.5 Å². The second-order valence-corrected chi connectivity index (χ2v) is 7.08. The van der Waals surface area contributed by atoms with E-state index >= 15 is 0 Å². The van der Waals surface area contributed by atoms with Gasteiger partial charge in [-0.05, 0) is 42.5 Å². The third kappa shape index (κ3) is 4.29. The summed E-state index contributed by atoms with van der Waals surface area (Å²) < 4.78 is 5.19. The lowest BCUT2D eigenvalue weighted by atomic mass is 10.2. The molecule has 0 unspecified atom stereocenters. The summed E-state index contributed by atoms with van der Waals surface area (Å²) >= 11 is 1.63. The Hall–Kier alpha value is -2.67. The van der Waals surface area contributed by atoms with Crippen LogP contribution in [0.15, 0.2) is 41.8 Å². The minimum absolute atomic E-state index is 0.0734. The molecule has 6 nitrogen and oxygen atoms in total. The number of hydrogen-bond acceptors (Lipinski definition) is 5. The highest BCUT2D eigenvalue weighted by atomic mass is 32.1. The molecule has 1 N–H and O–H groups in total. The molecule has 1 aromatic carbocycles. The van der Waals surface area contributed by atoms with Crippen LogP contribution in [0, 0.1) is 0 Å². The van der Waals surface area contributed by atoms with Crippen molar-refractivity contribution in [2.75, 3.05) is 18.5 Å². The van der Waals surface area contributed by atoms with Gasteiger partial charge in [0.15, 0.2) is 6.61 Å². The lowest BCUT2D eigenvalue weighted by Crippen LogP contribution is -2.34. The molecule has 1 saturated heterocycles. The minimum Gasteiger partial charge on any atom is -0.452 e. The van der Waals surface area contributed by atoms with E-state index in [0.717, 1.165) is 17.7 Å². The predicted octanol–water partition coefficient (Wildman–Crippen LogP) is 3.23. The largest absolute Gasteiger partial charge is 0.452 e. The molecule has 3 rings (SSSR count). The van der Waals surface area contributed by atoms with Crippen LogP contribution in [0.4, 0.5) is 5.69 Å². The number of ether oxygens (including phenoxy) is 1. The first kappa shape index (κ1) is 18.1. The van der Waals surface area contributed by atoms with E-state index in [-0.39, 0.29) is 24.5 Å². The number of anilines is 1. The van der Waals surface area contributed by atoms with Gasteiger partial charge in [-0.3, -0.25) is 9.59 Å². The van der Waals surface area contributed by atoms with Crippen molar-refractivity contribution in [2.24, 2.45) is 0 Å². The molecule has 1 aliphatic heterocycles. The molecule has 2 aromatic rings. The molecule has 0 aliphatic carbocycles. The van der Waals surface area contributed by atoms with Crippen LogP contribution in [0.25, 0.3) is 0 Å². The highest BCUT2D eigenvalue weighted by Crippen LogP contribution is 2.34. The van der Waals surface area contributed by atoms with Gasteiger partial charge < -0.3 is 15.0 Å². The topological polar surface area (TPSA) is 75.7 Å². The van der Waals surface area contributed by atoms with E-state index in [2.05, 4.69) is 5.32 Å². The Bertz CT molecular complexity index is 804. The number of carbonyl (C=O) groups excluding carboxylic acids is 3. The molecule has 0 bridgehead atoms. The van der Waals surface area contributed by atoms with E-state index in [9.17, 15) is 14.4 Å². The number of benzene rings is 1. The van der Waals surface area contributed by atoms with E-state index in [1.54, 1.807) is 34.4 Å². The van der Waals surface area contributed by atoms with Gasteiger partial charge in [-0.15, -0.1) is 11.3 Å². The van der Waals surface area contributed by atoms with Crippen LogP contribution in [0.1, 0.15) is 41.0 Å². The van der Waals surface area contributed by atoms with Crippen molar-refractivity contribution >= 4 is 34.8 Å². The van der Waals surface area contributed by atoms with Crippen molar-refractivity contribution in [1.29, 1.82) is 0 Å². The third-order valence-corrected chi connectivity index (χ3v) is 5.16. The van der Waals surface area contributed by atoms with Gasteiger partial charge in [0.05, 0.1) is 11.6 Å². The van der Waals surface area contributed by atoms with Gasteiger partial charge in [0, 0.05) is 24.0 Å². The Morgan fingerprint density at radius 3 is 2.85 bits per heavy atom. The first-order valence-electron chi connectivity index (χ1n) is 8.42. The van der Waals surface area contributed by atoms with Crippen LogP contribution in [0.3, 0.4) is 0 Å². The number of rotatable bonds is 5. The van der Waals surface area contributed by atoms with Crippen molar-refractivity contribution in [3.05, 3.63) is 52.2 Å². The fourth-order valence-corrected chi connectivity index (χ4v) is 3.94. The Morgan fingerprint density at radius 1 is 1.27 bits per heavy atom. The quantitative estimate of drug-likeness (QED) is 0.818. The summed E-state index contributed by atoms with van der Waals surface area (Å²) in [5.74, 6) is -0.996. The maximum Gasteiger partial charge on any atom is 0.338 e.